The molecule has 0 aliphatic carbocycles. The lowest BCUT2D eigenvalue weighted by Crippen LogP contribution is -2.23. The minimum absolute atomic E-state index is 0.138. The van der Waals surface area contributed by atoms with E-state index in [0.29, 0.717) is 11.4 Å². The molecule has 14 heavy (non-hydrogen) atoms. The van der Waals surface area contributed by atoms with E-state index >= 15 is 0 Å². The number of aromatic hydroxyl groups is 2. The van der Waals surface area contributed by atoms with Gasteiger partial charge in [0.1, 0.15) is 5.69 Å². The number of anilines is 2. The molecule has 1 aromatic rings. The van der Waals surface area contributed by atoms with Crippen LogP contribution in [0.25, 0.3) is 0 Å². The van der Waals surface area contributed by atoms with Crippen molar-refractivity contribution in [2.75, 3.05) is 23.7 Å². The number of rotatable bonds is 3. The molecule has 4 N–H and O–H groups in total. The van der Waals surface area contributed by atoms with Gasteiger partial charge in [0.25, 0.3) is 0 Å². The highest BCUT2D eigenvalue weighted by Gasteiger charge is 2.14. The Morgan fingerprint density at radius 3 is 2.29 bits per heavy atom. The molecule has 0 saturated heterocycles. The van der Waals surface area contributed by atoms with Crippen molar-refractivity contribution in [3.8, 4) is 11.5 Å². The Labute approximate surface area is 83.6 Å². The number of hydrogen-bond acceptors (Lipinski definition) is 4. The first-order chi connectivity index (χ1) is 6.61. The van der Waals surface area contributed by atoms with Gasteiger partial charge in [0.2, 0.25) is 0 Å². The second kappa shape index (κ2) is 4.09. The van der Waals surface area contributed by atoms with Crippen molar-refractivity contribution in [3.63, 3.8) is 0 Å². The monoisotopic (exact) mass is 196 g/mol. The molecule has 1 aromatic carbocycles. The van der Waals surface area contributed by atoms with Crippen molar-refractivity contribution in [1.82, 2.24) is 0 Å². The maximum absolute atomic E-state index is 9.64. The molecule has 0 bridgehead atoms. The number of benzene rings is 1. The summed E-state index contributed by atoms with van der Waals surface area (Å²) in [6.45, 7) is 5.40. The minimum Gasteiger partial charge on any atom is -0.504 e. The summed E-state index contributed by atoms with van der Waals surface area (Å²) in [6, 6.07) is 2.97. The molecule has 4 heteroatoms. The summed E-state index contributed by atoms with van der Waals surface area (Å²) in [6.07, 6.45) is 0. The average molecular weight is 196 g/mol. The van der Waals surface area contributed by atoms with Crippen molar-refractivity contribution in [1.29, 1.82) is 0 Å². The van der Waals surface area contributed by atoms with Crippen LogP contribution in [0.15, 0.2) is 12.1 Å². The first-order valence-corrected chi connectivity index (χ1v) is 4.67. The van der Waals surface area contributed by atoms with Gasteiger partial charge in [-0.15, -0.1) is 0 Å². The molecule has 0 heterocycles. The number of hydrogen-bond donors (Lipinski definition) is 3. The lowest BCUT2D eigenvalue weighted by molar-refractivity contribution is 0.404. The summed E-state index contributed by atoms with van der Waals surface area (Å²) >= 11 is 0. The lowest BCUT2D eigenvalue weighted by Gasteiger charge is -2.23. The van der Waals surface area contributed by atoms with Gasteiger partial charge >= 0.3 is 0 Å². The summed E-state index contributed by atoms with van der Waals surface area (Å²) in [5, 5.41) is 19.0. The molecule has 0 saturated carbocycles. The molecule has 1 rings (SSSR count). The Morgan fingerprint density at radius 1 is 1.21 bits per heavy atom. The molecule has 0 radical (unpaired) electrons. The Hall–Kier alpha value is -1.58. The van der Waals surface area contributed by atoms with Crippen molar-refractivity contribution in [3.05, 3.63) is 12.1 Å². The second-order valence-corrected chi connectivity index (χ2v) is 3.04. The molecule has 0 aliphatic heterocycles. The van der Waals surface area contributed by atoms with E-state index in [1.54, 1.807) is 6.07 Å². The van der Waals surface area contributed by atoms with Crippen molar-refractivity contribution < 1.29 is 10.2 Å². The van der Waals surface area contributed by atoms with E-state index in [4.69, 9.17) is 5.73 Å². The van der Waals surface area contributed by atoms with E-state index in [-0.39, 0.29) is 11.5 Å². The molecule has 0 atom stereocenters. The van der Waals surface area contributed by atoms with Gasteiger partial charge in [0.05, 0.1) is 5.69 Å². The van der Waals surface area contributed by atoms with Crippen LogP contribution >= 0.6 is 0 Å². The summed E-state index contributed by atoms with van der Waals surface area (Å²) < 4.78 is 0. The van der Waals surface area contributed by atoms with Gasteiger partial charge < -0.3 is 20.8 Å². The summed E-state index contributed by atoms with van der Waals surface area (Å²) in [7, 11) is 0. The molecule has 78 valence electrons. The SMILES string of the molecule is CCN(CC)c1c(N)ccc(O)c1O. The number of nitrogens with two attached hydrogens (primary N) is 1. The normalized spacial score (nSPS) is 10.1. The Balaban J connectivity index is 3.23. The van der Waals surface area contributed by atoms with E-state index in [1.165, 1.54) is 6.07 Å². The molecule has 0 fully saturated rings. The zero-order valence-corrected chi connectivity index (χ0v) is 8.49. The van der Waals surface area contributed by atoms with Crippen LogP contribution in [0, 0.1) is 0 Å². The lowest BCUT2D eigenvalue weighted by atomic mass is 10.2. The summed E-state index contributed by atoms with van der Waals surface area (Å²) in [5.74, 6) is -0.283. The number of nitrogens with zero attached hydrogens (tertiary/aromatic N) is 1. The zero-order chi connectivity index (χ0) is 10.7. The van der Waals surface area contributed by atoms with Gasteiger partial charge in [-0.3, -0.25) is 0 Å². The van der Waals surface area contributed by atoms with Crippen LogP contribution in [0.2, 0.25) is 0 Å². The fraction of sp³-hybridized carbons (Fsp3) is 0.400. The molecule has 0 aliphatic rings. The highest BCUT2D eigenvalue weighted by atomic mass is 16.3. The highest BCUT2D eigenvalue weighted by molar-refractivity contribution is 5.77. The minimum atomic E-state index is -0.145. The Morgan fingerprint density at radius 2 is 1.79 bits per heavy atom. The fourth-order valence-corrected chi connectivity index (χ4v) is 1.46. The van der Waals surface area contributed by atoms with Crippen LogP contribution in [0.5, 0.6) is 11.5 Å². The standard InChI is InChI=1S/C10H16N2O2/c1-3-12(4-2)9-7(11)5-6-8(13)10(9)14/h5-6,13-14H,3-4,11H2,1-2H3. The van der Waals surface area contributed by atoms with E-state index in [1.807, 2.05) is 18.7 Å². The van der Waals surface area contributed by atoms with E-state index in [2.05, 4.69) is 0 Å². The number of phenolic OH excluding ortho intramolecular Hbond substituents is 2. The topological polar surface area (TPSA) is 69.7 Å². The van der Waals surface area contributed by atoms with Crippen LogP contribution in [0.4, 0.5) is 11.4 Å². The Kier molecular flexibility index (Phi) is 3.06. The van der Waals surface area contributed by atoms with Gasteiger partial charge in [-0.1, -0.05) is 0 Å². The van der Waals surface area contributed by atoms with Gasteiger partial charge in [-0.2, -0.15) is 0 Å². The van der Waals surface area contributed by atoms with Crippen molar-refractivity contribution in [2.45, 2.75) is 13.8 Å². The Bertz CT molecular complexity index is 322. The average Bonchev–Trinajstić information content (AvgIpc) is 2.19. The summed E-state index contributed by atoms with van der Waals surface area (Å²) in [4.78, 5) is 1.89. The molecule has 0 aromatic heterocycles. The first-order valence-electron chi connectivity index (χ1n) is 4.67. The van der Waals surface area contributed by atoms with Crippen molar-refractivity contribution in [2.24, 2.45) is 0 Å². The molecular formula is C10H16N2O2. The van der Waals surface area contributed by atoms with E-state index in [0.717, 1.165) is 13.1 Å². The van der Waals surface area contributed by atoms with Crippen LogP contribution in [0.3, 0.4) is 0 Å². The van der Waals surface area contributed by atoms with Crippen LogP contribution in [-0.2, 0) is 0 Å². The van der Waals surface area contributed by atoms with Crippen LogP contribution in [-0.4, -0.2) is 23.3 Å². The molecule has 0 spiro atoms. The van der Waals surface area contributed by atoms with Crippen LogP contribution < -0.4 is 10.6 Å². The highest BCUT2D eigenvalue weighted by Crippen LogP contribution is 2.40. The molecule has 0 amide bonds. The number of phenols is 2. The van der Waals surface area contributed by atoms with Gasteiger partial charge in [-0.05, 0) is 26.0 Å². The maximum Gasteiger partial charge on any atom is 0.183 e. The third kappa shape index (κ3) is 1.69. The third-order valence-electron chi connectivity index (χ3n) is 2.24. The van der Waals surface area contributed by atoms with E-state index < -0.39 is 0 Å². The second-order valence-electron chi connectivity index (χ2n) is 3.04. The molecular weight excluding hydrogens is 180 g/mol. The van der Waals surface area contributed by atoms with Gasteiger partial charge in [0.15, 0.2) is 11.5 Å². The zero-order valence-electron chi connectivity index (χ0n) is 8.49. The maximum atomic E-state index is 9.64. The predicted molar refractivity (Wildman–Crippen MR) is 57.7 cm³/mol. The number of nitrogen functional groups attached to an aromatic ring is 1. The third-order valence-corrected chi connectivity index (χ3v) is 2.24. The predicted octanol–water partition coefficient (Wildman–Crippen LogP) is 1.53. The molecule has 4 nitrogen and oxygen atoms in total. The quantitative estimate of drug-likeness (QED) is 0.389. The smallest absolute Gasteiger partial charge is 0.183 e. The first kappa shape index (κ1) is 10.5. The van der Waals surface area contributed by atoms with Gasteiger partial charge in [-0.25, -0.2) is 0 Å². The fourth-order valence-electron chi connectivity index (χ4n) is 1.46. The summed E-state index contributed by atoms with van der Waals surface area (Å²) in [5.41, 5.74) is 6.71. The van der Waals surface area contributed by atoms with Crippen molar-refractivity contribution >= 4 is 11.4 Å². The molecule has 0 unspecified atom stereocenters. The van der Waals surface area contributed by atoms with Gasteiger partial charge in [0, 0.05) is 13.1 Å². The van der Waals surface area contributed by atoms with E-state index in [9.17, 15) is 10.2 Å². The largest absolute Gasteiger partial charge is 0.504 e. The van der Waals surface area contributed by atoms with Crippen LogP contribution in [0.1, 0.15) is 13.8 Å².